The van der Waals surface area contributed by atoms with Crippen molar-refractivity contribution in [3.8, 4) is 0 Å². The summed E-state index contributed by atoms with van der Waals surface area (Å²) in [6, 6.07) is 0. The Morgan fingerprint density at radius 3 is 3.00 bits per heavy atom. The molecule has 5 heteroatoms. The van der Waals surface area contributed by atoms with Crippen LogP contribution in [0.15, 0.2) is 16.8 Å². The predicted octanol–water partition coefficient (Wildman–Crippen LogP) is 1.04. The lowest BCUT2D eigenvalue weighted by molar-refractivity contribution is -0.118. The number of carbonyl (C=O) groups excluding carboxylic acids is 1. The van der Waals surface area contributed by atoms with Crippen molar-refractivity contribution >= 4 is 17.5 Å². The first-order chi connectivity index (χ1) is 6.69. The van der Waals surface area contributed by atoms with Gasteiger partial charge < -0.3 is 10.5 Å². The second-order valence-electron chi connectivity index (χ2n) is 3.06. The van der Waals surface area contributed by atoms with E-state index in [0.29, 0.717) is 6.42 Å². The van der Waals surface area contributed by atoms with Crippen molar-refractivity contribution in [2.45, 2.75) is 26.2 Å². The quantitative estimate of drug-likeness (QED) is 0.454. The van der Waals surface area contributed by atoms with Gasteiger partial charge in [0.25, 0.3) is 0 Å². The van der Waals surface area contributed by atoms with E-state index in [1.807, 2.05) is 6.92 Å². The van der Waals surface area contributed by atoms with Crippen LogP contribution in [0.4, 0.5) is 0 Å². The molecular formula is C9H13N3O2. The number of hydrogen-bond acceptors (Lipinski definition) is 4. The highest BCUT2D eigenvalue weighted by Gasteiger charge is 2.19. The summed E-state index contributed by atoms with van der Waals surface area (Å²) in [4.78, 5) is 11.1. The molecule has 0 saturated heterocycles. The zero-order valence-corrected chi connectivity index (χ0v) is 8.00. The van der Waals surface area contributed by atoms with Gasteiger partial charge in [0.1, 0.15) is 5.71 Å². The fraction of sp³-hybridized carbons (Fsp3) is 0.444. The zero-order valence-electron chi connectivity index (χ0n) is 8.00. The highest BCUT2D eigenvalue weighted by molar-refractivity contribution is 6.48. The number of amides is 1. The number of carbonyl (C=O) groups is 1. The Morgan fingerprint density at radius 2 is 2.43 bits per heavy atom. The lowest BCUT2D eigenvalue weighted by Gasteiger charge is -2.05. The van der Waals surface area contributed by atoms with E-state index in [1.54, 1.807) is 6.08 Å². The zero-order chi connectivity index (χ0) is 10.6. The molecule has 0 aromatic heterocycles. The average Bonchev–Trinajstić information content (AvgIpc) is 2.26. The Balaban J connectivity index is 2.97. The van der Waals surface area contributed by atoms with E-state index in [2.05, 4.69) is 10.5 Å². The van der Waals surface area contributed by atoms with Crippen LogP contribution >= 0.6 is 0 Å². The van der Waals surface area contributed by atoms with Crippen LogP contribution in [0.3, 0.4) is 0 Å². The molecule has 5 nitrogen and oxygen atoms in total. The second-order valence-corrected chi connectivity index (χ2v) is 3.06. The molecule has 1 amide bonds. The Morgan fingerprint density at radius 1 is 1.71 bits per heavy atom. The first-order valence-electron chi connectivity index (χ1n) is 4.49. The number of hydrogen-bond donors (Lipinski definition) is 3. The van der Waals surface area contributed by atoms with Crippen LogP contribution in [0.1, 0.15) is 26.2 Å². The van der Waals surface area contributed by atoms with E-state index in [9.17, 15) is 4.79 Å². The molecule has 0 aromatic carbocycles. The molecule has 3 N–H and O–H groups in total. The van der Waals surface area contributed by atoms with Gasteiger partial charge in [0.05, 0.1) is 0 Å². The van der Waals surface area contributed by atoms with Gasteiger partial charge in [-0.1, -0.05) is 24.6 Å². The van der Waals surface area contributed by atoms with Crippen LogP contribution in [0, 0.1) is 5.41 Å². The van der Waals surface area contributed by atoms with Crippen molar-refractivity contribution in [1.29, 1.82) is 5.41 Å². The Hall–Kier alpha value is -1.65. The number of oxime groups is 1. The summed E-state index contributed by atoms with van der Waals surface area (Å²) < 4.78 is 0. The molecule has 0 aromatic rings. The standard InChI is InChI=1S/C9H13N3O2/c1-2-3-6-4-5-7(13)11-9(10)8(6)12-14/h4,14H,2-3,5H2,1H3,(H2,10,11,13). The summed E-state index contributed by atoms with van der Waals surface area (Å²) in [7, 11) is 0. The van der Waals surface area contributed by atoms with Gasteiger partial charge in [0, 0.05) is 6.42 Å². The molecule has 1 heterocycles. The van der Waals surface area contributed by atoms with E-state index >= 15 is 0 Å². The van der Waals surface area contributed by atoms with Crippen LogP contribution in [0.2, 0.25) is 0 Å². The van der Waals surface area contributed by atoms with Crippen molar-refractivity contribution in [2.75, 3.05) is 0 Å². The maximum Gasteiger partial charge on any atom is 0.229 e. The monoisotopic (exact) mass is 195 g/mol. The Kier molecular flexibility index (Phi) is 3.39. The molecule has 1 rings (SSSR count). The fourth-order valence-corrected chi connectivity index (χ4v) is 1.33. The summed E-state index contributed by atoms with van der Waals surface area (Å²) in [5.41, 5.74) is 0.913. The smallest absolute Gasteiger partial charge is 0.229 e. The molecular weight excluding hydrogens is 182 g/mol. The topological polar surface area (TPSA) is 85.5 Å². The minimum Gasteiger partial charge on any atom is -0.410 e. The summed E-state index contributed by atoms with van der Waals surface area (Å²) in [5.74, 6) is -0.378. The van der Waals surface area contributed by atoms with E-state index in [0.717, 1.165) is 12.0 Å². The normalized spacial score (nSPS) is 20.4. The third-order valence-corrected chi connectivity index (χ3v) is 1.96. The van der Waals surface area contributed by atoms with Gasteiger partial charge >= 0.3 is 0 Å². The van der Waals surface area contributed by atoms with Crippen LogP contribution in [0.5, 0.6) is 0 Å². The number of nitrogens with zero attached hydrogens (tertiary/aromatic N) is 1. The van der Waals surface area contributed by atoms with Gasteiger partial charge in [0.15, 0.2) is 5.84 Å². The van der Waals surface area contributed by atoms with Gasteiger partial charge in [0.2, 0.25) is 5.91 Å². The molecule has 0 atom stereocenters. The fourth-order valence-electron chi connectivity index (χ4n) is 1.33. The maximum atomic E-state index is 11.1. The number of amidine groups is 1. The van der Waals surface area contributed by atoms with Gasteiger partial charge in [-0.05, 0) is 12.0 Å². The molecule has 0 saturated carbocycles. The molecule has 1 aliphatic rings. The largest absolute Gasteiger partial charge is 0.410 e. The van der Waals surface area contributed by atoms with Crippen molar-refractivity contribution in [3.63, 3.8) is 0 Å². The predicted molar refractivity (Wildman–Crippen MR) is 52.7 cm³/mol. The van der Waals surface area contributed by atoms with Crippen molar-refractivity contribution in [2.24, 2.45) is 5.16 Å². The van der Waals surface area contributed by atoms with Crippen molar-refractivity contribution < 1.29 is 10.0 Å². The lowest BCUT2D eigenvalue weighted by atomic mass is 10.0. The highest BCUT2D eigenvalue weighted by Crippen LogP contribution is 2.11. The third-order valence-electron chi connectivity index (χ3n) is 1.96. The average molecular weight is 195 g/mol. The lowest BCUT2D eigenvalue weighted by Crippen LogP contribution is -2.33. The minimum absolute atomic E-state index is 0.130. The Labute approximate surface area is 82.0 Å². The van der Waals surface area contributed by atoms with Gasteiger partial charge in [-0.3, -0.25) is 10.2 Å². The summed E-state index contributed by atoms with van der Waals surface area (Å²) in [6.45, 7) is 1.99. The highest BCUT2D eigenvalue weighted by atomic mass is 16.4. The molecule has 0 fully saturated rings. The maximum absolute atomic E-state index is 11.1. The second kappa shape index (κ2) is 4.55. The van der Waals surface area contributed by atoms with Gasteiger partial charge in [-0.2, -0.15) is 0 Å². The van der Waals surface area contributed by atoms with E-state index in [1.165, 1.54) is 0 Å². The SMILES string of the molecule is CCCC1=CCC(=O)NC(=N)C1=NO. The van der Waals surface area contributed by atoms with Crippen LogP contribution < -0.4 is 5.32 Å². The summed E-state index contributed by atoms with van der Waals surface area (Å²) in [6.07, 6.45) is 3.52. The van der Waals surface area contributed by atoms with Crippen LogP contribution in [-0.2, 0) is 4.79 Å². The molecule has 0 unspecified atom stereocenters. The molecule has 1 aliphatic heterocycles. The summed E-state index contributed by atoms with van der Waals surface area (Å²) >= 11 is 0. The van der Waals surface area contributed by atoms with Crippen molar-refractivity contribution in [1.82, 2.24) is 5.32 Å². The van der Waals surface area contributed by atoms with E-state index in [-0.39, 0.29) is 23.9 Å². The van der Waals surface area contributed by atoms with Crippen LogP contribution in [0.25, 0.3) is 0 Å². The third kappa shape index (κ3) is 2.18. The van der Waals surface area contributed by atoms with E-state index < -0.39 is 0 Å². The number of nitrogens with one attached hydrogen (secondary N) is 2. The number of rotatable bonds is 2. The first kappa shape index (κ1) is 10.4. The Bertz CT molecular complexity index is 318. The first-order valence-corrected chi connectivity index (χ1v) is 4.49. The minimum atomic E-state index is -0.248. The molecule has 76 valence electrons. The molecule has 0 aliphatic carbocycles. The molecule has 14 heavy (non-hydrogen) atoms. The van der Waals surface area contributed by atoms with Gasteiger partial charge in [-0.15, -0.1) is 0 Å². The molecule has 0 spiro atoms. The summed E-state index contributed by atoms with van der Waals surface area (Å²) in [5, 5.41) is 21.6. The van der Waals surface area contributed by atoms with Crippen molar-refractivity contribution in [3.05, 3.63) is 11.6 Å². The molecule has 0 radical (unpaired) electrons. The van der Waals surface area contributed by atoms with E-state index in [4.69, 9.17) is 10.6 Å². The molecule has 0 bridgehead atoms. The van der Waals surface area contributed by atoms with Crippen LogP contribution in [-0.4, -0.2) is 22.7 Å². The van der Waals surface area contributed by atoms with Gasteiger partial charge in [-0.25, -0.2) is 0 Å².